The van der Waals surface area contributed by atoms with Crippen LogP contribution in [-0.2, 0) is 9.59 Å². The average Bonchev–Trinajstić information content (AvgIpc) is 2.22. The van der Waals surface area contributed by atoms with Crippen molar-refractivity contribution in [1.82, 2.24) is 4.90 Å². The molecule has 0 aliphatic heterocycles. The lowest BCUT2D eigenvalue weighted by Gasteiger charge is -2.35. The summed E-state index contributed by atoms with van der Waals surface area (Å²) in [6, 6.07) is 0. The number of hydrogen-bond donors (Lipinski definition) is 2. The first-order valence-corrected chi connectivity index (χ1v) is 6.80. The molecule has 3 N–H and O–H groups in total. The molecule has 0 bridgehead atoms. The molecule has 0 aliphatic carbocycles. The summed E-state index contributed by atoms with van der Waals surface area (Å²) in [5, 5.41) is 8.91. The van der Waals surface area contributed by atoms with Crippen molar-refractivity contribution in [1.29, 1.82) is 0 Å². The van der Waals surface area contributed by atoms with Gasteiger partial charge in [-0.1, -0.05) is 13.8 Å². The molecule has 112 valence electrons. The second-order valence-electron chi connectivity index (χ2n) is 6.48. The zero-order chi connectivity index (χ0) is 15.2. The summed E-state index contributed by atoms with van der Waals surface area (Å²) in [7, 11) is 0. The van der Waals surface area contributed by atoms with Crippen LogP contribution in [0.15, 0.2) is 0 Å². The first kappa shape index (κ1) is 17.9. The van der Waals surface area contributed by atoms with Crippen LogP contribution in [0.5, 0.6) is 0 Å². The highest BCUT2D eigenvalue weighted by atomic mass is 16.4. The lowest BCUT2D eigenvalue weighted by Crippen LogP contribution is -2.49. The molecular formula is C14H28N2O3. The number of carbonyl (C=O) groups excluding carboxylic acids is 1. The maximum Gasteiger partial charge on any atom is 0.323 e. The molecule has 0 aromatic carbocycles. The van der Waals surface area contributed by atoms with Crippen LogP contribution in [0.2, 0.25) is 0 Å². The number of rotatable bonds is 7. The molecule has 0 radical (unpaired) electrons. The Hall–Kier alpha value is -1.10. The smallest absolute Gasteiger partial charge is 0.323 e. The SMILES string of the molecule is CC(C)CC(CN)CC(=O)N(CC(=O)O)C(C)(C)C. The standard InChI is InChI=1S/C14H28N2O3/c1-10(2)6-11(8-15)7-12(17)16(9-13(18)19)14(3,4)5/h10-11H,6-9,15H2,1-5H3,(H,18,19). The largest absolute Gasteiger partial charge is 0.480 e. The van der Waals surface area contributed by atoms with Crippen molar-refractivity contribution in [3.05, 3.63) is 0 Å². The van der Waals surface area contributed by atoms with Crippen molar-refractivity contribution in [3.63, 3.8) is 0 Å². The maximum atomic E-state index is 12.3. The first-order chi connectivity index (χ1) is 8.57. The predicted molar refractivity (Wildman–Crippen MR) is 75.7 cm³/mol. The molecule has 0 aromatic heterocycles. The third-order valence-electron chi connectivity index (χ3n) is 3.01. The summed E-state index contributed by atoms with van der Waals surface area (Å²) in [4.78, 5) is 24.6. The third kappa shape index (κ3) is 7.15. The van der Waals surface area contributed by atoms with Gasteiger partial charge in [-0.05, 0) is 45.6 Å². The van der Waals surface area contributed by atoms with E-state index in [2.05, 4.69) is 13.8 Å². The van der Waals surface area contributed by atoms with Gasteiger partial charge >= 0.3 is 5.97 Å². The Balaban J connectivity index is 4.76. The molecule has 0 aromatic rings. The molecule has 0 heterocycles. The highest BCUT2D eigenvalue weighted by Gasteiger charge is 2.29. The zero-order valence-corrected chi connectivity index (χ0v) is 12.8. The van der Waals surface area contributed by atoms with Gasteiger partial charge < -0.3 is 15.7 Å². The molecular weight excluding hydrogens is 244 g/mol. The Kier molecular flexibility index (Phi) is 7.05. The predicted octanol–water partition coefficient (Wildman–Crippen LogP) is 1.71. The second-order valence-corrected chi connectivity index (χ2v) is 6.48. The van der Waals surface area contributed by atoms with E-state index < -0.39 is 11.5 Å². The van der Waals surface area contributed by atoms with Crippen molar-refractivity contribution in [2.75, 3.05) is 13.1 Å². The van der Waals surface area contributed by atoms with Gasteiger partial charge in [-0.25, -0.2) is 0 Å². The van der Waals surface area contributed by atoms with Crippen LogP contribution in [0.1, 0.15) is 47.5 Å². The molecule has 19 heavy (non-hydrogen) atoms. The fraction of sp³-hybridized carbons (Fsp3) is 0.857. The van der Waals surface area contributed by atoms with E-state index >= 15 is 0 Å². The van der Waals surface area contributed by atoms with Crippen LogP contribution in [0.4, 0.5) is 0 Å². The molecule has 1 amide bonds. The van der Waals surface area contributed by atoms with Crippen molar-refractivity contribution >= 4 is 11.9 Å². The van der Waals surface area contributed by atoms with Crippen molar-refractivity contribution < 1.29 is 14.7 Å². The normalized spacial score (nSPS) is 13.4. The van der Waals surface area contributed by atoms with Crippen LogP contribution in [0.3, 0.4) is 0 Å². The number of nitrogens with two attached hydrogens (primary N) is 1. The quantitative estimate of drug-likeness (QED) is 0.739. The Morgan fingerprint density at radius 2 is 1.79 bits per heavy atom. The number of carboxylic acids is 1. The molecule has 5 nitrogen and oxygen atoms in total. The summed E-state index contributed by atoms with van der Waals surface area (Å²) < 4.78 is 0. The van der Waals surface area contributed by atoms with E-state index in [1.165, 1.54) is 4.90 Å². The van der Waals surface area contributed by atoms with E-state index in [1.807, 2.05) is 20.8 Å². The molecule has 0 fully saturated rings. The zero-order valence-electron chi connectivity index (χ0n) is 12.8. The van der Waals surface area contributed by atoms with E-state index in [9.17, 15) is 9.59 Å². The Morgan fingerprint density at radius 3 is 2.11 bits per heavy atom. The lowest BCUT2D eigenvalue weighted by atomic mass is 9.93. The minimum Gasteiger partial charge on any atom is -0.480 e. The van der Waals surface area contributed by atoms with Gasteiger partial charge in [-0.3, -0.25) is 9.59 Å². The van der Waals surface area contributed by atoms with Crippen molar-refractivity contribution in [2.24, 2.45) is 17.6 Å². The van der Waals surface area contributed by atoms with Gasteiger partial charge in [0.2, 0.25) is 5.91 Å². The molecule has 0 aliphatic rings. The summed E-state index contributed by atoms with van der Waals surface area (Å²) in [5.74, 6) is -0.530. The molecule has 0 spiro atoms. The van der Waals surface area contributed by atoms with Gasteiger partial charge in [-0.15, -0.1) is 0 Å². The third-order valence-corrected chi connectivity index (χ3v) is 3.01. The summed E-state index contributed by atoms with van der Waals surface area (Å²) >= 11 is 0. The fourth-order valence-electron chi connectivity index (χ4n) is 2.12. The number of carbonyl (C=O) groups is 2. The van der Waals surface area contributed by atoms with E-state index in [0.717, 1.165) is 6.42 Å². The van der Waals surface area contributed by atoms with Gasteiger partial charge in [-0.2, -0.15) is 0 Å². The number of hydrogen-bond acceptors (Lipinski definition) is 3. The molecule has 5 heteroatoms. The van der Waals surface area contributed by atoms with Crippen LogP contribution in [-0.4, -0.2) is 40.5 Å². The van der Waals surface area contributed by atoms with Crippen LogP contribution in [0.25, 0.3) is 0 Å². The first-order valence-electron chi connectivity index (χ1n) is 6.80. The van der Waals surface area contributed by atoms with E-state index in [4.69, 9.17) is 10.8 Å². The Labute approximate surface area is 116 Å². The fourth-order valence-corrected chi connectivity index (χ4v) is 2.12. The average molecular weight is 272 g/mol. The minimum absolute atomic E-state index is 0.117. The Morgan fingerprint density at radius 1 is 1.26 bits per heavy atom. The van der Waals surface area contributed by atoms with Crippen LogP contribution < -0.4 is 5.73 Å². The highest BCUT2D eigenvalue weighted by Crippen LogP contribution is 2.20. The topological polar surface area (TPSA) is 83.6 Å². The van der Waals surface area contributed by atoms with Gasteiger partial charge in [0, 0.05) is 12.0 Å². The van der Waals surface area contributed by atoms with Gasteiger partial charge in [0.15, 0.2) is 0 Å². The number of amides is 1. The van der Waals surface area contributed by atoms with E-state index in [0.29, 0.717) is 18.9 Å². The number of nitrogens with zero attached hydrogens (tertiary/aromatic N) is 1. The van der Waals surface area contributed by atoms with Gasteiger partial charge in [0.1, 0.15) is 6.54 Å². The lowest BCUT2D eigenvalue weighted by molar-refractivity contribution is -0.148. The van der Waals surface area contributed by atoms with Gasteiger partial charge in [0.25, 0.3) is 0 Å². The summed E-state index contributed by atoms with van der Waals surface area (Å²) in [5.41, 5.74) is 5.20. The Bertz CT molecular complexity index is 308. The summed E-state index contributed by atoms with van der Waals surface area (Å²) in [6.07, 6.45) is 1.20. The molecule has 1 unspecified atom stereocenters. The highest BCUT2D eigenvalue weighted by molar-refractivity contribution is 5.82. The van der Waals surface area contributed by atoms with Crippen molar-refractivity contribution in [3.8, 4) is 0 Å². The van der Waals surface area contributed by atoms with Crippen LogP contribution >= 0.6 is 0 Å². The number of aliphatic carboxylic acids is 1. The monoisotopic (exact) mass is 272 g/mol. The number of carboxylic acid groups (broad SMARTS) is 1. The summed E-state index contributed by atoms with van der Waals surface area (Å²) in [6.45, 7) is 9.89. The maximum absolute atomic E-state index is 12.3. The molecule has 0 saturated carbocycles. The molecule has 1 atom stereocenters. The van der Waals surface area contributed by atoms with E-state index in [1.54, 1.807) is 0 Å². The molecule has 0 rings (SSSR count). The van der Waals surface area contributed by atoms with Gasteiger partial charge in [0.05, 0.1) is 0 Å². The minimum atomic E-state index is -0.989. The molecule has 0 saturated heterocycles. The van der Waals surface area contributed by atoms with E-state index in [-0.39, 0.29) is 18.4 Å². The second kappa shape index (κ2) is 7.48. The van der Waals surface area contributed by atoms with Crippen molar-refractivity contribution in [2.45, 2.75) is 53.0 Å². The van der Waals surface area contributed by atoms with Crippen LogP contribution in [0, 0.1) is 11.8 Å².